The van der Waals surface area contributed by atoms with E-state index in [9.17, 15) is 8.42 Å². The van der Waals surface area contributed by atoms with Crippen LogP contribution in [0.15, 0.2) is 0 Å². The zero-order chi connectivity index (χ0) is 9.73. The summed E-state index contributed by atoms with van der Waals surface area (Å²) < 4.78 is 27.5. The second kappa shape index (κ2) is 6.58. The number of hydrogen-bond donors (Lipinski definition) is 3. The van der Waals surface area contributed by atoms with Crippen LogP contribution in [0.2, 0.25) is 0 Å². The molecule has 0 unspecified atom stereocenters. The maximum absolute atomic E-state index is 11.2. The molecule has 1 aliphatic heterocycles. The molecule has 1 rings (SSSR count). The topological polar surface area (TPSA) is 70.2 Å². The van der Waals surface area contributed by atoms with Gasteiger partial charge in [0.15, 0.2) is 0 Å². The van der Waals surface area contributed by atoms with Crippen LogP contribution < -0.4 is 14.8 Å². The summed E-state index contributed by atoms with van der Waals surface area (Å²) in [7, 11) is -3.27. The van der Waals surface area contributed by atoms with E-state index in [-0.39, 0.29) is 18.4 Å². The molecule has 86 valence electrons. The minimum atomic E-state index is -3.27. The first-order chi connectivity index (χ1) is 6.14. The van der Waals surface area contributed by atoms with Crippen LogP contribution in [0.3, 0.4) is 0 Å². The van der Waals surface area contributed by atoms with Crippen LogP contribution in [0.4, 0.5) is 0 Å². The molecule has 1 heterocycles. The first-order valence-corrected chi connectivity index (χ1v) is 6.10. The number of halogens is 1. The molecule has 7 heteroatoms. The fourth-order valence-corrected chi connectivity index (χ4v) is 2.51. The maximum Gasteiger partial charge on any atom is 0.277 e. The van der Waals surface area contributed by atoms with E-state index in [1.807, 2.05) is 0 Å². The van der Waals surface area contributed by atoms with Gasteiger partial charge in [0.25, 0.3) is 10.2 Å². The summed E-state index contributed by atoms with van der Waals surface area (Å²) >= 11 is 0. The lowest BCUT2D eigenvalue weighted by atomic mass is 10.1. The van der Waals surface area contributed by atoms with Gasteiger partial charge in [-0.2, -0.15) is 13.1 Å². The molecule has 0 amide bonds. The quantitative estimate of drug-likeness (QED) is 0.630. The largest absolute Gasteiger partial charge is 0.315 e. The Bertz CT molecular complexity index is 239. The molecule has 0 radical (unpaired) electrons. The molecule has 1 fully saturated rings. The van der Waals surface area contributed by atoms with Gasteiger partial charge in [-0.1, -0.05) is 6.92 Å². The Hall–Kier alpha value is 0.120. The molecule has 5 nitrogen and oxygen atoms in total. The Balaban J connectivity index is 0.00000169. The smallest absolute Gasteiger partial charge is 0.277 e. The van der Waals surface area contributed by atoms with Gasteiger partial charge < -0.3 is 5.32 Å². The van der Waals surface area contributed by atoms with Crippen molar-refractivity contribution in [1.82, 2.24) is 14.8 Å². The Morgan fingerprint density at radius 3 is 2.71 bits per heavy atom. The maximum atomic E-state index is 11.2. The third kappa shape index (κ3) is 5.11. The Morgan fingerprint density at radius 1 is 1.50 bits per heavy atom. The fraction of sp³-hybridized carbons (Fsp3) is 1.00. The highest BCUT2D eigenvalue weighted by Gasteiger charge is 2.18. The molecule has 0 spiro atoms. The van der Waals surface area contributed by atoms with Crippen molar-refractivity contribution < 1.29 is 8.42 Å². The van der Waals surface area contributed by atoms with Gasteiger partial charge in [-0.15, -0.1) is 12.4 Å². The van der Waals surface area contributed by atoms with Gasteiger partial charge in [-0.3, -0.25) is 0 Å². The van der Waals surface area contributed by atoms with Crippen molar-refractivity contribution in [3.63, 3.8) is 0 Å². The normalized spacial score (nSPS) is 22.8. The molecule has 0 bridgehead atoms. The van der Waals surface area contributed by atoms with Crippen LogP contribution in [-0.2, 0) is 10.2 Å². The van der Waals surface area contributed by atoms with Gasteiger partial charge >= 0.3 is 0 Å². The van der Waals surface area contributed by atoms with Gasteiger partial charge in [0.2, 0.25) is 0 Å². The van der Waals surface area contributed by atoms with Crippen LogP contribution in [0.25, 0.3) is 0 Å². The van der Waals surface area contributed by atoms with Crippen LogP contribution in [-0.4, -0.2) is 34.1 Å². The average Bonchev–Trinajstić information content (AvgIpc) is 2.04. The lowest BCUT2D eigenvalue weighted by molar-refractivity contribution is 0.426. The molecule has 0 aromatic rings. The summed E-state index contributed by atoms with van der Waals surface area (Å²) in [4.78, 5) is 0. The Kier molecular flexibility index (Phi) is 6.63. The van der Waals surface area contributed by atoms with Crippen LogP contribution in [0.1, 0.15) is 19.8 Å². The molecule has 1 aliphatic rings. The average molecular weight is 244 g/mol. The SMILES string of the molecule is CCNS(=O)(=O)N[C@H]1CCCNC1.Cl. The Labute approximate surface area is 91.6 Å². The summed E-state index contributed by atoms with van der Waals surface area (Å²) in [5.74, 6) is 0. The molecule has 0 aromatic carbocycles. The fourth-order valence-electron chi connectivity index (χ4n) is 1.40. The van der Waals surface area contributed by atoms with E-state index in [1.54, 1.807) is 6.92 Å². The van der Waals surface area contributed by atoms with Gasteiger partial charge in [-0.05, 0) is 19.4 Å². The van der Waals surface area contributed by atoms with E-state index < -0.39 is 10.2 Å². The first kappa shape index (κ1) is 14.1. The summed E-state index contributed by atoms with van der Waals surface area (Å²) in [5, 5.41) is 3.14. The predicted molar refractivity (Wildman–Crippen MR) is 58.9 cm³/mol. The van der Waals surface area contributed by atoms with E-state index in [0.717, 1.165) is 25.9 Å². The van der Waals surface area contributed by atoms with Crippen LogP contribution in [0, 0.1) is 0 Å². The third-order valence-electron chi connectivity index (χ3n) is 1.95. The zero-order valence-electron chi connectivity index (χ0n) is 8.25. The van der Waals surface area contributed by atoms with Gasteiger partial charge in [0.05, 0.1) is 0 Å². The molecular formula is C7H18ClN3O2S. The van der Waals surface area contributed by atoms with Gasteiger partial charge in [0.1, 0.15) is 0 Å². The van der Waals surface area contributed by atoms with Crippen molar-refractivity contribution in [3.05, 3.63) is 0 Å². The van der Waals surface area contributed by atoms with Crippen molar-refractivity contribution in [2.75, 3.05) is 19.6 Å². The summed E-state index contributed by atoms with van der Waals surface area (Å²) in [6.07, 6.45) is 1.94. The number of rotatable bonds is 4. The predicted octanol–water partition coefficient (Wildman–Crippen LogP) is -0.396. The van der Waals surface area contributed by atoms with Crippen LogP contribution >= 0.6 is 12.4 Å². The Morgan fingerprint density at radius 2 is 2.21 bits per heavy atom. The van der Waals surface area contributed by atoms with Crippen molar-refractivity contribution in [2.45, 2.75) is 25.8 Å². The summed E-state index contributed by atoms with van der Waals surface area (Å²) in [6.45, 7) is 3.90. The first-order valence-electron chi connectivity index (χ1n) is 4.61. The molecule has 1 atom stereocenters. The highest BCUT2D eigenvalue weighted by molar-refractivity contribution is 7.87. The summed E-state index contributed by atoms with van der Waals surface area (Å²) in [5.41, 5.74) is 0. The highest BCUT2D eigenvalue weighted by atomic mass is 35.5. The number of nitrogens with one attached hydrogen (secondary N) is 3. The van der Waals surface area contributed by atoms with E-state index >= 15 is 0 Å². The van der Waals surface area contributed by atoms with Crippen LogP contribution in [0.5, 0.6) is 0 Å². The minimum Gasteiger partial charge on any atom is -0.315 e. The molecule has 0 aromatic heterocycles. The van der Waals surface area contributed by atoms with Gasteiger partial charge in [-0.25, -0.2) is 4.72 Å². The highest BCUT2D eigenvalue weighted by Crippen LogP contribution is 2.01. The van der Waals surface area contributed by atoms with Gasteiger partial charge in [0, 0.05) is 19.1 Å². The molecular weight excluding hydrogens is 226 g/mol. The van der Waals surface area contributed by atoms with E-state index in [2.05, 4.69) is 14.8 Å². The second-order valence-corrected chi connectivity index (χ2v) is 4.69. The lowest BCUT2D eigenvalue weighted by Crippen LogP contribution is -2.49. The summed E-state index contributed by atoms with van der Waals surface area (Å²) in [6, 6.07) is 0.0396. The van der Waals surface area contributed by atoms with Crippen molar-refractivity contribution >= 4 is 22.6 Å². The third-order valence-corrected chi connectivity index (χ3v) is 3.27. The lowest BCUT2D eigenvalue weighted by Gasteiger charge is -2.23. The number of hydrogen-bond acceptors (Lipinski definition) is 3. The molecule has 0 saturated carbocycles. The zero-order valence-corrected chi connectivity index (χ0v) is 9.88. The standard InChI is InChI=1S/C7H17N3O2S.ClH/c1-2-9-13(11,12)10-7-4-3-5-8-6-7;/h7-10H,2-6H2,1H3;1H/t7-;/m0./s1. The second-order valence-electron chi connectivity index (χ2n) is 3.16. The molecule has 3 N–H and O–H groups in total. The van der Waals surface area contributed by atoms with Crippen molar-refractivity contribution in [1.29, 1.82) is 0 Å². The molecule has 14 heavy (non-hydrogen) atoms. The van der Waals surface area contributed by atoms with E-state index in [4.69, 9.17) is 0 Å². The minimum absolute atomic E-state index is 0. The van der Waals surface area contributed by atoms with Crippen molar-refractivity contribution in [3.8, 4) is 0 Å². The van der Waals surface area contributed by atoms with E-state index in [0.29, 0.717) is 6.54 Å². The molecule has 1 saturated heterocycles. The van der Waals surface area contributed by atoms with E-state index in [1.165, 1.54) is 0 Å². The van der Waals surface area contributed by atoms with Crippen molar-refractivity contribution in [2.24, 2.45) is 0 Å². The molecule has 0 aliphatic carbocycles. The number of piperidine rings is 1. The monoisotopic (exact) mass is 243 g/mol.